The average Bonchev–Trinajstić information content (AvgIpc) is 3.28. The predicted molar refractivity (Wildman–Crippen MR) is 98.7 cm³/mol. The second-order valence-electron chi connectivity index (χ2n) is 6.92. The Morgan fingerprint density at radius 1 is 1.17 bits per heavy atom. The third-order valence-corrected chi connectivity index (χ3v) is 5.03. The number of aliphatic hydroxyl groups is 1. The molecule has 152 valence electrons. The third-order valence-electron chi connectivity index (χ3n) is 5.03. The number of halogens is 3. The van der Waals surface area contributed by atoms with Crippen LogP contribution in [0, 0.1) is 5.92 Å². The molecule has 0 saturated carbocycles. The molecule has 0 spiro atoms. The summed E-state index contributed by atoms with van der Waals surface area (Å²) in [4.78, 5) is 20.8. The van der Waals surface area contributed by atoms with Crippen molar-refractivity contribution in [2.75, 3.05) is 18.0 Å². The number of anilines is 1. The van der Waals surface area contributed by atoms with E-state index < -0.39 is 18.0 Å². The number of piperidine rings is 1. The Kier molecular flexibility index (Phi) is 5.18. The van der Waals surface area contributed by atoms with E-state index in [0.717, 1.165) is 6.07 Å². The maximum atomic E-state index is 13.4. The summed E-state index contributed by atoms with van der Waals surface area (Å²) in [5.41, 5.74) is -0.568. The summed E-state index contributed by atoms with van der Waals surface area (Å²) < 4.78 is 40.2. The van der Waals surface area contributed by atoms with Crippen LogP contribution in [0.5, 0.6) is 0 Å². The molecule has 3 aromatic heterocycles. The summed E-state index contributed by atoms with van der Waals surface area (Å²) >= 11 is 0. The molecule has 4 heterocycles. The molecule has 0 aromatic carbocycles. The van der Waals surface area contributed by atoms with E-state index in [2.05, 4.69) is 24.9 Å². The molecular weight excluding hydrogens is 385 g/mol. The number of aromatic amines is 1. The molecular formula is C19H19F3N6O. The minimum Gasteiger partial charge on any atom is -0.385 e. The molecule has 1 aliphatic heterocycles. The molecule has 0 amide bonds. The van der Waals surface area contributed by atoms with Gasteiger partial charge in [-0.2, -0.15) is 13.2 Å². The zero-order chi connectivity index (χ0) is 20.4. The molecule has 1 unspecified atom stereocenters. The number of hydrogen-bond donors (Lipinski definition) is 2. The number of rotatable bonds is 4. The average molecular weight is 404 g/mol. The second-order valence-corrected chi connectivity index (χ2v) is 6.92. The fourth-order valence-corrected chi connectivity index (χ4v) is 3.47. The molecule has 10 heteroatoms. The van der Waals surface area contributed by atoms with Crippen molar-refractivity contribution in [2.24, 2.45) is 5.92 Å². The molecule has 1 saturated heterocycles. The number of hydrogen-bond acceptors (Lipinski definition) is 6. The monoisotopic (exact) mass is 404 g/mol. The molecule has 1 fully saturated rings. The highest BCUT2D eigenvalue weighted by Gasteiger charge is 2.35. The summed E-state index contributed by atoms with van der Waals surface area (Å²) in [5.74, 6) is 0.681. The van der Waals surface area contributed by atoms with Crippen molar-refractivity contribution >= 4 is 5.82 Å². The quantitative estimate of drug-likeness (QED) is 0.694. The topological polar surface area (TPSA) is 90.8 Å². The fourth-order valence-electron chi connectivity index (χ4n) is 3.47. The summed E-state index contributed by atoms with van der Waals surface area (Å²) in [6.07, 6.45) is 2.10. The first kappa shape index (κ1) is 19.3. The number of nitrogens with one attached hydrogen (secondary N) is 1. The zero-order valence-corrected chi connectivity index (χ0v) is 15.3. The normalized spacial score (nSPS) is 16.8. The number of aromatic nitrogens is 5. The highest BCUT2D eigenvalue weighted by molar-refractivity contribution is 5.57. The lowest BCUT2D eigenvalue weighted by Gasteiger charge is -2.34. The highest BCUT2D eigenvalue weighted by Crippen LogP contribution is 2.34. The van der Waals surface area contributed by atoms with E-state index in [0.29, 0.717) is 37.3 Å². The summed E-state index contributed by atoms with van der Waals surface area (Å²) in [6, 6.07) is 4.22. The number of nitrogens with zero attached hydrogens (tertiary/aromatic N) is 5. The molecule has 0 bridgehead atoms. The lowest BCUT2D eigenvalue weighted by atomic mass is 9.91. The van der Waals surface area contributed by atoms with Crippen molar-refractivity contribution in [3.63, 3.8) is 0 Å². The number of imidazole rings is 1. The van der Waals surface area contributed by atoms with Gasteiger partial charge in [0.05, 0.1) is 0 Å². The van der Waals surface area contributed by atoms with E-state index in [1.165, 1.54) is 12.4 Å². The first-order chi connectivity index (χ1) is 13.9. The minimum absolute atomic E-state index is 0.0133. The molecule has 29 heavy (non-hydrogen) atoms. The van der Waals surface area contributed by atoms with Crippen LogP contribution in [0.15, 0.2) is 43.0 Å². The van der Waals surface area contributed by atoms with Gasteiger partial charge in [0.25, 0.3) is 0 Å². The first-order valence-electron chi connectivity index (χ1n) is 9.21. The Balaban J connectivity index is 1.57. The summed E-state index contributed by atoms with van der Waals surface area (Å²) in [6.45, 7) is 0.951. The summed E-state index contributed by atoms with van der Waals surface area (Å²) in [5, 5.41) is 10.4. The van der Waals surface area contributed by atoms with Crippen molar-refractivity contribution in [3.8, 4) is 11.4 Å². The number of alkyl halides is 3. The molecule has 0 aliphatic carbocycles. The van der Waals surface area contributed by atoms with Crippen LogP contribution in [0.3, 0.4) is 0 Å². The van der Waals surface area contributed by atoms with Gasteiger partial charge in [0.2, 0.25) is 0 Å². The smallest absolute Gasteiger partial charge is 0.385 e. The van der Waals surface area contributed by atoms with Crippen molar-refractivity contribution < 1.29 is 18.3 Å². The molecule has 1 aliphatic rings. The van der Waals surface area contributed by atoms with Crippen LogP contribution in [-0.4, -0.2) is 43.1 Å². The molecule has 7 nitrogen and oxygen atoms in total. The molecule has 4 rings (SSSR count). The van der Waals surface area contributed by atoms with E-state index in [1.807, 2.05) is 0 Å². The molecule has 3 aromatic rings. The molecule has 1 atom stereocenters. The lowest BCUT2D eigenvalue weighted by Crippen LogP contribution is -2.36. The highest BCUT2D eigenvalue weighted by atomic mass is 19.4. The van der Waals surface area contributed by atoms with E-state index in [9.17, 15) is 18.3 Å². The number of H-pyrrole nitrogens is 1. The maximum absolute atomic E-state index is 13.4. The van der Waals surface area contributed by atoms with Gasteiger partial charge in [-0.1, -0.05) is 0 Å². The predicted octanol–water partition coefficient (Wildman–Crippen LogP) is 3.23. The van der Waals surface area contributed by atoms with E-state index >= 15 is 0 Å². The van der Waals surface area contributed by atoms with Gasteiger partial charge in [0.15, 0.2) is 11.5 Å². The number of aliphatic hydroxyl groups excluding tert-OH is 1. The van der Waals surface area contributed by atoms with Gasteiger partial charge in [0, 0.05) is 49.5 Å². The zero-order valence-electron chi connectivity index (χ0n) is 15.3. The van der Waals surface area contributed by atoms with Crippen LogP contribution >= 0.6 is 0 Å². The van der Waals surface area contributed by atoms with Crippen molar-refractivity contribution in [3.05, 3.63) is 54.5 Å². The SMILES string of the molecule is OC(c1ncc[nH]1)C1CCN(c2cc(C(F)(F)F)nc(-c3cccnc3)n2)CC1. The second kappa shape index (κ2) is 7.78. The lowest BCUT2D eigenvalue weighted by molar-refractivity contribution is -0.141. The standard InChI is InChI=1S/C19H19F3N6O/c20-19(21,22)14-10-15(27-17(26-14)13-2-1-5-23-11-13)28-8-3-12(4-9-28)16(29)18-24-6-7-25-18/h1-2,5-7,10-12,16,29H,3-4,8-9H2,(H,24,25). The van der Waals surface area contributed by atoms with Crippen LogP contribution in [0.25, 0.3) is 11.4 Å². The van der Waals surface area contributed by atoms with Gasteiger partial charge in [-0.3, -0.25) is 4.98 Å². The Morgan fingerprint density at radius 3 is 2.59 bits per heavy atom. The molecule has 2 N–H and O–H groups in total. The first-order valence-corrected chi connectivity index (χ1v) is 9.21. The van der Waals surface area contributed by atoms with E-state index in [-0.39, 0.29) is 17.6 Å². The van der Waals surface area contributed by atoms with Crippen LogP contribution in [-0.2, 0) is 6.18 Å². The van der Waals surface area contributed by atoms with Crippen LogP contribution in [0.1, 0.15) is 30.5 Å². The Hall–Kier alpha value is -3.01. The Labute approximate surface area is 164 Å². The van der Waals surface area contributed by atoms with Gasteiger partial charge >= 0.3 is 6.18 Å². The minimum atomic E-state index is -4.58. The van der Waals surface area contributed by atoms with Gasteiger partial charge in [-0.05, 0) is 30.9 Å². The Bertz CT molecular complexity index is 940. The third kappa shape index (κ3) is 4.21. The summed E-state index contributed by atoms with van der Waals surface area (Å²) in [7, 11) is 0. The van der Waals surface area contributed by atoms with E-state index in [1.54, 1.807) is 29.4 Å². The number of pyridine rings is 1. The fraction of sp³-hybridized carbons (Fsp3) is 0.368. The Morgan fingerprint density at radius 2 is 1.97 bits per heavy atom. The van der Waals surface area contributed by atoms with Gasteiger partial charge < -0.3 is 15.0 Å². The van der Waals surface area contributed by atoms with Crippen LogP contribution in [0.4, 0.5) is 19.0 Å². The largest absolute Gasteiger partial charge is 0.433 e. The van der Waals surface area contributed by atoms with Crippen molar-refractivity contribution in [1.82, 2.24) is 24.9 Å². The van der Waals surface area contributed by atoms with Gasteiger partial charge in [0.1, 0.15) is 17.7 Å². The van der Waals surface area contributed by atoms with Crippen LogP contribution in [0.2, 0.25) is 0 Å². The van der Waals surface area contributed by atoms with Crippen molar-refractivity contribution in [2.45, 2.75) is 25.1 Å². The molecule has 0 radical (unpaired) electrons. The van der Waals surface area contributed by atoms with Crippen LogP contribution < -0.4 is 4.90 Å². The van der Waals surface area contributed by atoms with Crippen molar-refractivity contribution in [1.29, 1.82) is 0 Å². The van der Waals surface area contributed by atoms with E-state index in [4.69, 9.17) is 0 Å². The maximum Gasteiger partial charge on any atom is 0.433 e. The van der Waals surface area contributed by atoms with Gasteiger partial charge in [-0.25, -0.2) is 15.0 Å². The van der Waals surface area contributed by atoms with Gasteiger partial charge in [-0.15, -0.1) is 0 Å².